The van der Waals surface area contributed by atoms with Gasteiger partial charge in [-0.2, -0.15) is 0 Å². The number of rotatable bonds is 6. The third-order valence-corrected chi connectivity index (χ3v) is 4.70. The Hall–Kier alpha value is -3.20. The fourth-order valence-electron chi connectivity index (χ4n) is 3.28. The summed E-state index contributed by atoms with van der Waals surface area (Å²) in [7, 11) is 0. The molecule has 0 radical (unpaired) electrons. The van der Waals surface area contributed by atoms with Crippen LogP contribution in [0.25, 0.3) is 0 Å². The Labute approximate surface area is 160 Å². The lowest BCUT2D eigenvalue weighted by Crippen LogP contribution is -2.23. The van der Waals surface area contributed by atoms with E-state index in [1.807, 2.05) is 12.1 Å². The van der Waals surface area contributed by atoms with E-state index >= 15 is 0 Å². The van der Waals surface area contributed by atoms with Gasteiger partial charge in [0.2, 0.25) is 0 Å². The maximum atomic E-state index is 4.80. The molecule has 4 rings (SSSR count). The predicted molar refractivity (Wildman–Crippen MR) is 113 cm³/mol. The lowest BCUT2D eigenvalue weighted by atomic mass is 10.1. The zero-order valence-electron chi connectivity index (χ0n) is 15.3. The van der Waals surface area contributed by atoms with Crippen molar-refractivity contribution in [3.63, 3.8) is 0 Å². The van der Waals surface area contributed by atoms with Crippen molar-refractivity contribution in [3.8, 4) is 0 Å². The van der Waals surface area contributed by atoms with Crippen molar-refractivity contribution in [2.75, 3.05) is 13.1 Å². The minimum Gasteiger partial charge on any atom is -0.325 e. The second kappa shape index (κ2) is 8.45. The summed E-state index contributed by atoms with van der Waals surface area (Å²) in [6.07, 6.45) is 1.88. The van der Waals surface area contributed by atoms with Gasteiger partial charge < -0.3 is 5.32 Å². The Balaban J connectivity index is 1.45. The van der Waals surface area contributed by atoms with E-state index in [4.69, 9.17) is 9.98 Å². The molecule has 0 saturated heterocycles. The molecule has 0 aliphatic carbocycles. The van der Waals surface area contributed by atoms with Crippen molar-refractivity contribution in [3.05, 3.63) is 107 Å². The van der Waals surface area contributed by atoms with Crippen LogP contribution in [0, 0.1) is 0 Å². The number of amidine groups is 2. The van der Waals surface area contributed by atoms with Crippen LogP contribution < -0.4 is 5.32 Å². The number of hydrogen-bond donors (Lipinski definition) is 1. The molecule has 0 bridgehead atoms. The van der Waals surface area contributed by atoms with E-state index in [1.54, 1.807) is 0 Å². The first-order valence-electron chi connectivity index (χ1n) is 9.44. The Morgan fingerprint density at radius 1 is 0.519 bits per heavy atom. The molecule has 3 aromatic rings. The molecule has 0 fully saturated rings. The molecular weight excluding hydrogens is 330 g/mol. The van der Waals surface area contributed by atoms with Crippen molar-refractivity contribution >= 4 is 11.7 Å². The molecule has 134 valence electrons. The van der Waals surface area contributed by atoms with E-state index in [0.29, 0.717) is 0 Å². The summed E-state index contributed by atoms with van der Waals surface area (Å²) < 4.78 is 0. The van der Waals surface area contributed by atoms with Gasteiger partial charge >= 0.3 is 0 Å². The van der Waals surface area contributed by atoms with Crippen LogP contribution >= 0.6 is 0 Å². The van der Waals surface area contributed by atoms with Crippen LogP contribution in [0.2, 0.25) is 0 Å². The molecule has 0 atom stereocenters. The van der Waals surface area contributed by atoms with E-state index < -0.39 is 0 Å². The first-order valence-corrected chi connectivity index (χ1v) is 9.44. The molecular formula is C24H23N3. The standard InChI is InChI=1S/C24H23N3/c1-3-9-19(10-4-1)15-17-25-23-21-13-7-8-14-22(21)24(27-23)26-18-16-20-11-5-2-6-12-20/h1-14H,15-18H2,(H,25,26,27). The number of nitrogens with zero attached hydrogens (tertiary/aromatic N) is 2. The van der Waals surface area contributed by atoms with Crippen LogP contribution in [0.3, 0.4) is 0 Å². The molecule has 0 aromatic heterocycles. The number of nitrogens with one attached hydrogen (secondary N) is 1. The Morgan fingerprint density at radius 2 is 0.926 bits per heavy atom. The van der Waals surface area contributed by atoms with Crippen LogP contribution in [-0.4, -0.2) is 24.8 Å². The minimum absolute atomic E-state index is 0.762. The number of hydrogen-bond acceptors (Lipinski definition) is 2. The SMILES string of the molecule is c1ccc(CCN=C2NC(=NCCc3ccccc3)c3ccccc32)cc1. The molecule has 27 heavy (non-hydrogen) atoms. The first kappa shape index (κ1) is 17.2. The number of benzene rings is 3. The van der Waals surface area contributed by atoms with Crippen LogP contribution in [-0.2, 0) is 12.8 Å². The molecule has 3 heteroatoms. The van der Waals surface area contributed by atoms with Gasteiger partial charge in [-0.25, -0.2) is 0 Å². The van der Waals surface area contributed by atoms with Gasteiger partial charge in [-0.3, -0.25) is 9.98 Å². The topological polar surface area (TPSA) is 36.8 Å². The maximum Gasteiger partial charge on any atom is 0.134 e. The molecule has 1 aliphatic rings. The Kier molecular flexibility index (Phi) is 5.39. The average molecular weight is 353 g/mol. The van der Waals surface area contributed by atoms with Gasteiger partial charge in [-0.15, -0.1) is 0 Å². The average Bonchev–Trinajstić information content (AvgIpc) is 3.08. The zero-order valence-corrected chi connectivity index (χ0v) is 15.3. The van der Waals surface area contributed by atoms with Crippen LogP contribution in [0.15, 0.2) is 94.9 Å². The molecule has 0 amide bonds. The molecule has 3 aromatic carbocycles. The molecule has 3 nitrogen and oxygen atoms in total. The quantitative estimate of drug-likeness (QED) is 0.706. The summed E-state index contributed by atoms with van der Waals surface area (Å²) in [6.45, 7) is 1.52. The third kappa shape index (κ3) is 4.32. The largest absolute Gasteiger partial charge is 0.325 e. The number of fused-ring (bicyclic) bond motifs is 1. The van der Waals surface area contributed by atoms with E-state index in [0.717, 1.165) is 48.7 Å². The zero-order chi connectivity index (χ0) is 18.3. The highest BCUT2D eigenvalue weighted by molar-refractivity contribution is 6.25. The van der Waals surface area contributed by atoms with Crippen molar-refractivity contribution in [2.24, 2.45) is 9.98 Å². The van der Waals surface area contributed by atoms with Crippen LogP contribution in [0.4, 0.5) is 0 Å². The van der Waals surface area contributed by atoms with Gasteiger partial charge in [0, 0.05) is 24.2 Å². The summed E-state index contributed by atoms with van der Waals surface area (Å²) in [5, 5.41) is 3.43. The van der Waals surface area contributed by atoms with E-state index in [-0.39, 0.29) is 0 Å². The fourth-order valence-corrected chi connectivity index (χ4v) is 3.28. The Bertz CT molecular complexity index is 865. The normalized spacial score (nSPS) is 15.7. The summed E-state index contributed by atoms with van der Waals surface area (Å²) in [5.74, 6) is 1.86. The van der Waals surface area contributed by atoms with E-state index in [1.165, 1.54) is 11.1 Å². The van der Waals surface area contributed by atoms with Gasteiger partial charge in [-0.05, 0) is 24.0 Å². The Morgan fingerprint density at radius 3 is 1.37 bits per heavy atom. The second-order valence-electron chi connectivity index (χ2n) is 6.60. The lowest BCUT2D eigenvalue weighted by Gasteiger charge is -2.02. The molecule has 0 spiro atoms. The molecule has 0 unspecified atom stereocenters. The maximum absolute atomic E-state index is 4.80. The van der Waals surface area contributed by atoms with Gasteiger partial charge in [0.1, 0.15) is 11.7 Å². The molecule has 0 saturated carbocycles. The van der Waals surface area contributed by atoms with Gasteiger partial charge in [0.15, 0.2) is 0 Å². The van der Waals surface area contributed by atoms with Crippen molar-refractivity contribution in [1.82, 2.24) is 5.32 Å². The summed E-state index contributed by atoms with van der Waals surface area (Å²) >= 11 is 0. The highest BCUT2D eigenvalue weighted by atomic mass is 15.1. The van der Waals surface area contributed by atoms with Crippen molar-refractivity contribution in [1.29, 1.82) is 0 Å². The summed E-state index contributed by atoms with van der Waals surface area (Å²) in [6, 6.07) is 29.3. The highest BCUT2D eigenvalue weighted by Crippen LogP contribution is 2.17. The second-order valence-corrected chi connectivity index (χ2v) is 6.60. The monoisotopic (exact) mass is 353 g/mol. The van der Waals surface area contributed by atoms with Gasteiger partial charge in [0.05, 0.1) is 0 Å². The van der Waals surface area contributed by atoms with Crippen molar-refractivity contribution in [2.45, 2.75) is 12.8 Å². The van der Waals surface area contributed by atoms with Crippen LogP contribution in [0.5, 0.6) is 0 Å². The summed E-state index contributed by atoms with van der Waals surface area (Å²) in [5.41, 5.74) is 4.91. The van der Waals surface area contributed by atoms with Crippen LogP contribution in [0.1, 0.15) is 22.3 Å². The van der Waals surface area contributed by atoms with Crippen molar-refractivity contribution < 1.29 is 0 Å². The molecule has 1 aliphatic heterocycles. The minimum atomic E-state index is 0.762. The molecule has 1 N–H and O–H groups in total. The smallest absolute Gasteiger partial charge is 0.134 e. The first-order chi connectivity index (χ1) is 13.4. The molecule has 1 heterocycles. The fraction of sp³-hybridized carbons (Fsp3) is 0.167. The number of aliphatic imine (C=N–C) groups is 2. The van der Waals surface area contributed by atoms with E-state index in [2.05, 4.69) is 78.1 Å². The predicted octanol–water partition coefficient (Wildman–Crippen LogP) is 4.27. The summed E-state index contributed by atoms with van der Waals surface area (Å²) in [4.78, 5) is 9.60. The third-order valence-electron chi connectivity index (χ3n) is 4.70. The van der Waals surface area contributed by atoms with E-state index in [9.17, 15) is 0 Å². The highest BCUT2D eigenvalue weighted by Gasteiger charge is 2.22. The van der Waals surface area contributed by atoms with Gasteiger partial charge in [-0.1, -0.05) is 84.9 Å². The lowest BCUT2D eigenvalue weighted by molar-refractivity contribution is 0.954. The van der Waals surface area contributed by atoms with Gasteiger partial charge in [0.25, 0.3) is 0 Å².